The number of halogens is 1. The summed E-state index contributed by atoms with van der Waals surface area (Å²) >= 11 is 6.00. The van der Waals surface area contributed by atoms with Gasteiger partial charge in [-0.3, -0.25) is 9.59 Å². The molecule has 0 bridgehead atoms. The minimum atomic E-state index is -0.673. The molecule has 0 saturated carbocycles. The number of fused-ring (bicyclic) bond motifs is 1. The number of ether oxygens (including phenoxy) is 2. The van der Waals surface area contributed by atoms with Crippen LogP contribution in [0.4, 0.5) is 0 Å². The second-order valence-corrected chi connectivity index (χ2v) is 8.71. The molecule has 9 nitrogen and oxygen atoms in total. The lowest BCUT2D eigenvalue weighted by atomic mass is 10.1. The van der Waals surface area contributed by atoms with E-state index in [0.717, 1.165) is 9.36 Å². The monoisotopic (exact) mass is 537 g/mol. The smallest absolute Gasteiger partial charge is 0.299 e. The lowest BCUT2D eigenvalue weighted by Crippen LogP contribution is -2.29. The predicted octanol–water partition coefficient (Wildman–Crippen LogP) is 4.64. The molecule has 0 unspecified atom stereocenters. The summed E-state index contributed by atoms with van der Waals surface area (Å²) in [6.07, 6.45) is 1.49. The molecule has 192 valence electrons. The number of pyridine rings is 1. The first-order valence-electron chi connectivity index (χ1n) is 11.7. The third-order valence-corrected chi connectivity index (χ3v) is 6.30. The Morgan fingerprint density at radius 2 is 1.59 bits per heavy atom. The number of hydrogen-bond acceptors (Lipinski definition) is 7. The molecule has 0 atom stereocenters. The van der Waals surface area contributed by atoms with E-state index in [1.807, 2.05) is 18.2 Å². The Kier molecular flexibility index (Phi) is 6.95. The van der Waals surface area contributed by atoms with Crippen LogP contribution >= 0.6 is 11.6 Å². The van der Waals surface area contributed by atoms with Gasteiger partial charge in [0.15, 0.2) is 5.52 Å². The highest BCUT2D eigenvalue weighted by Crippen LogP contribution is 2.31. The second-order valence-electron chi connectivity index (χ2n) is 8.28. The molecular formula is C29H20ClN5O4. The Labute approximate surface area is 227 Å². The van der Waals surface area contributed by atoms with E-state index >= 15 is 0 Å². The normalized spacial score (nSPS) is 11.0. The van der Waals surface area contributed by atoms with Crippen LogP contribution in [0.3, 0.4) is 0 Å². The lowest BCUT2D eigenvalue weighted by molar-refractivity contribution is 0.414. The van der Waals surface area contributed by atoms with Crippen molar-refractivity contribution in [3.05, 3.63) is 116 Å². The van der Waals surface area contributed by atoms with Gasteiger partial charge in [-0.15, -0.1) is 0 Å². The quantitative estimate of drug-likeness (QED) is 0.292. The average molecular weight is 538 g/mol. The first-order chi connectivity index (χ1) is 19.0. The topological polar surface area (TPSA) is 112 Å². The van der Waals surface area contributed by atoms with Gasteiger partial charge in [0.05, 0.1) is 31.8 Å². The molecule has 0 fully saturated rings. The fraction of sp³-hybridized carbons (Fsp3) is 0.0690. The van der Waals surface area contributed by atoms with E-state index in [4.69, 9.17) is 21.1 Å². The summed E-state index contributed by atoms with van der Waals surface area (Å²) in [5.74, 6) is 1.04. The van der Waals surface area contributed by atoms with E-state index in [9.17, 15) is 14.9 Å². The number of aromatic nitrogens is 3. The molecule has 0 aliphatic rings. The Morgan fingerprint density at radius 3 is 2.28 bits per heavy atom. The summed E-state index contributed by atoms with van der Waals surface area (Å²) < 4.78 is 13.1. The molecule has 0 radical (unpaired) electrons. The Balaban J connectivity index is 1.86. The van der Waals surface area contributed by atoms with Gasteiger partial charge in [-0.25, -0.2) is 0 Å². The highest BCUT2D eigenvalue weighted by Gasteiger charge is 2.21. The van der Waals surface area contributed by atoms with E-state index in [0.29, 0.717) is 39.0 Å². The van der Waals surface area contributed by atoms with Crippen LogP contribution in [-0.4, -0.2) is 34.9 Å². The van der Waals surface area contributed by atoms with Crippen LogP contribution in [-0.2, 0) is 0 Å². The van der Waals surface area contributed by atoms with Crippen molar-refractivity contribution < 1.29 is 9.47 Å². The van der Waals surface area contributed by atoms with Crippen molar-refractivity contribution in [1.29, 1.82) is 5.26 Å². The number of nitriles is 1. The molecular weight excluding hydrogens is 518 g/mol. The number of benzene rings is 3. The van der Waals surface area contributed by atoms with Crippen LogP contribution in [0, 0.1) is 11.3 Å². The van der Waals surface area contributed by atoms with Gasteiger partial charge in [-0.1, -0.05) is 35.9 Å². The summed E-state index contributed by atoms with van der Waals surface area (Å²) in [4.78, 5) is 27.3. The van der Waals surface area contributed by atoms with Crippen LogP contribution in [0.25, 0.3) is 27.8 Å². The average Bonchev–Trinajstić information content (AvgIpc) is 2.97. The minimum Gasteiger partial charge on any atom is -0.496 e. The van der Waals surface area contributed by atoms with Crippen molar-refractivity contribution in [3.63, 3.8) is 0 Å². The number of para-hydroxylation sites is 2. The number of rotatable bonds is 6. The molecule has 5 rings (SSSR count). The second kappa shape index (κ2) is 10.7. The maximum absolute atomic E-state index is 14.0. The minimum absolute atomic E-state index is 0.0994. The molecule has 10 heteroatoms. The Hall–Kier alpha value is -5.20. The van der Waals surface area contributed by atoms with E-state index in [-0.39, 0.29) is 16.5 Å². The van der Waals surface area contributed by atoms with Crippen LogP contribution in [0.5, 0.6) is 11.5 Å². The summed E-state index contributed by atoms with van der Waals surface area (Å²) in [6, 6.07) is 24.1. The largest absolute Gasteiger partial charge is 0.496 e. The van der Waals surface area contributed by atoms with Crippen LogP contribution in [0.2, 0.25) is 5.02 Å². The molecule has 0 aliphatic carbocycles. The first-order valence-corrected chi connectivity index (χ1v) is 12.0. The zero-order chi connectivity index (χ0) is 27.5. The van der Waals surface area contributed by atoms with Crippen molar-refractivity contribution in [2.45, 2.75) is 0 Å². The zero-order valence-electron chi connectivity index (χ0n) is 20.8. The first kappa shape index (κ1) is 25.4. The highest BCUT2D eigenvalue weighted by molar-refractivity contribution is 6.30. The molecule has 2 aromatic heterocycles. The molecule has 39 heavy (non-hydrogen) atoms. The van der Waals surface area contributed by atoms with Gasteiger partial charge in [0.25, 0.3) is 11.1 Å². The summed E-state index contributed by atoms with van der Waals surface area (Å²) in [5.41, 5.74) is 0.155. The van der Waals surface area contributed by atoms with E-state index < -0.39 is 11.1 Å². The Bertz CT molecular complexity index is 1900. The van der Waals surface area contributed by atoms with E-state index in [2.05, 4.69) is 10.2 Å². The molecule has 0 aliphatic heterocycles. The third-order valence-electron chi connectivity index (χ3n) is 6.05. The highest BCUT2D eigenvalue weighted by atomic mass is 35.5. The lowest BCUT2D eigenvalue weighted by Gasteiger charge is -2.14. The molecule has 0 N–H and O–H groups in total. The molecule has 0 saturated heterocycles. The van der Waals surface area contributed by atoms with Gasteiger partial charge in [0.2, 0.25) is 0 Å². The number of hydrogen-bond donors (Lipinski definition) is 0. The van der Waals surface area contributed by atoms with Crippen molar-refractivity contribution >= 4 is 28.7 Å². The van der Waals surface area contributed by atoms with E-state index in [1.165, 1.54) is 13.3 Å². The predicted molar refractivity (Wildman–Crippen MR) is 149 cm³/mol. The van der Waals surface area contributed by atoms with Crippen LogP contribution in [0.15, 0.2) is 93.6 Å². The number of methoxy groups -OCH3 is 2. The van der Waals surface area contributed by atoms with Crippen molar-refractivity contribution in [1.82, 2.24) is 14.5 Å². The van der Waals surface area contributed by atoms with Crippen LogP contribution in [0.1, 0.15) is 11.1 Å². The molecule has 3 aromatic carbocycles. The maximum atomic E-state index is 14.0. The van der Waals surface area contributed by atoms with Crippen molar-refractivity contribution in [2.75, 3.05) is 14.2 Å². The fourth-order valence-corrected chi connectivity index (χ4v) is 4.29. The standard InChI is InChI=1S/C29H20ClN5O4/c1-38-25-9-5-3-7-18(25)17-32-35-24(21-8-4-6-10-26(21)39-2)15-22-23(16-31)28(36)34(33-27(22)29(35)37)20-13-11-19(30)12-14-20/h3-15,17H,1-2H3/b32-17-. The molecule has 0 spiro atoms. The van der Waals surface area contributed by atoms with Crippen molar-refractivity contribution in [2.24, 2.45) is 5.10 Å². The Morgan fingerprint density at radius 1 is 0.923 bits per heavy atom. The SMILES string of the molecule is COc1ccccc1/C=N\n1c(-c2ccccc2OC)cc2c(C#N)c(=O)n(-c3ccc(Cl)cc3)nc2c1=O. The van der Waals surface area contributed by atoms with Gasteiger partial charge < -0.3 is 9.47 Å². The van der Waals surface area contributed by atoms with Gasteiger partial charge in [-0.2, -0.15) is 24.8 Å². The van der Waals surface area contributed by atoms with Gasteiger partial charge in [-0.05, 0) is 54.6 Å². The summed E-state index contributed by atoms with van der Waals surface area (Å²) in [7, 11) is 3.05. The maximum Gasteiger partial charge on any atom is 0.299 e. The van der Waals surface area contributed by atoms with E-state index in [1.54, 1.807) is 73.8 Å². The third kappa shape index (κ3) is 4.65. The number of nitrogens with zero attached hydrogens (tertiary/aromatic N) is 5. The zero-order valence-corrected chi connectivity index (χ0v) is 21.6. The van der Waals surface area contributed by atoms with Crippen LogP contribution < -0.4 is 20.6 Å². The molecule has 2 heterocycles. The van der Waals surface area contributed by atoms with Gasteiger partial charge >= 0.3 is 0 Å². The van der Waals surface area contributed by atoms with Gasteiger partial charge in [0, 0.05) is 21.5 Å². The van der Waals surface area contributed by atoms with Crippen molar-refractivity contribution in [3.8, 4) is 34.5 Å². The summed E-state index contributed by atoms with van der Waals surface area (Å²) in [6.45, 7) is 0. The summed E-state index contributed by atoms with van der Waals surface area (Å²) in [5, 5.41) is 19.4. The fourth-order valence-electron chi connectivity index (χ4n) is 4.17. The molecule has 0 amide bonds. The van der Waals surface area contributed by atoms with Gasteiger partial charge in [0.1, 0.15) is 23.1 Å². The molecule has 5 aromatic rings.